The van der Waals surface area contributed by atoms with Crippen LogP contribution in [-0.2, 0) is 16.6 Å². The fourth-order valence-electron chi connectivity index (χ4n) is 2.51. The summed E-state index contributed by atoms with van der Waals surface area (Å²) in [6, 6.07) is 11.4. The molecule has 1 N–H and O–H groups in total. The van der Waals surface area contributed by atoms with E-state index in [1.165, 1.54) is 18.9 Å². The maximum Gasteiger partial charge on any atom is 0.244 e. The third-order valence-corrected chi connectivity index (χ3v) is 4.38. The van der Waals surface area contributed by atoms with E-state index in [2.05, 4.69) is 43.4 Å². The molecule has 2 rings (SSSR count). The molecule has 0 spiro atoms. The van der Waals surface area contributed by atoms with E-state index < -0.39 is 0 Å². The van der Waals surface area contributed by atoms with E-state index in [0.29, 0.717) is 22.1 Å². The van der Waals surface area contributed by atoms with Gasteiger partial charge in [0, 0.05) is 11.6 Å². The number of hydrazone groups is 1. The summed E-state index contributed by atoms with van der Waals surface area (Å²) in [5.74, 6) is 0.855. The molecule has 0 atom stereocenters. The van der Waals surface area contributed by atoms with Crippen molar-refractivity contribution in [1.82, 2.24) is 5.43 Å². The molecule has 0 saturated heterocycles. The van der Waals surface area contributed by atoms with Gasteiger partial charge in [0.25, 0.3) is 0 Å². The fourth-order valence-corrected chi connectivity index (χ4v) is 2.75. The first-order chi connectivity index (χ1) is 12.7. The second kappa shape index (κ2) is 8.91. The average Bonchev–Trinajstić information content (AvgIpc) is 2.61. The van der Waals surface area contributed by atoms with Crippen LogP contribution in [-0.4, -0.2) is 26.3 Å². The Labute approximate surface area is 165 Å². The summed E-state index contributed by atoms with van der Waals surface area (Å²) < 4.78 is 10.4. The van der Waals surface area contributed by atoms with E-state index in [0.717, 1.165) is 5.56 Å². The van der Waals surface area contributed by atoms with Crippen LogP contribution in [0.2, 0.25) is 5.02 Å². The molecule has 5 nitrogen and oxygen atoms in total. The zero-order valence-electron chi connectivity index (χ0n) is 16.3. The van der Waals surface area contributed by atoms with Crippen LogP contribution < -0.4 is 14.9 Å². The van der Waals surface area contributed by atoms with Crippen LogP contribution in [0.1, 0.15) is 37.5 Å². The molecule has 0 aliphatic heterocycles. The third-order valence-electron chi connectivity index (χ3n) is 4.08. The second-order valence-electron chi connectivity index (χ2n) is 7.15. The number of carbonyl (C=O) groups excluding carboxylic acids is 1. The van der Waals surface area contributed by atoms with Gasteiger partial charge in [0.05, 0.1) is 31.9 Å². The molecule has 0 fully saturated rings. The molecule has 0 bridgehead atoms. The van der Waals surface area contributed by atoms with Crippen LogP contribution in [0.3, 0.4) is 0 Å². The Morgan fingerprint density at radius 2 is 1.74 bits per heavy atom. The standard InChI is InChI=1S/C21H25ClN2O3/c1-21(2,3)16-8-6-14(7-9-16)10-20(25)24-23-13-15-11-17(22)19(27-5)12-18(15)26-4/h6-9,11-13H,10H2,1-5H3,(H,24,25)/b23-13-. The van der Waals surface area contributed by atoms with Crippen LogP contribution in [0.25, 0.3) is 0 Å². The lowest BCUT2D eigenvalue weighted by Crippen LogP contribution is -2.20. The van der Waals surface area contributed by atoms with Gasteiger partial charge in [-0.3, -0.25) is 4.79 Å². The Bertz CT molecular complexity index is 825. The van der Waals surface area contributed by atoms with E-state index in [1.807, 2.05) is 12.1 Å². The minimum absolute atomic E-state index is 0.0871. The Morgan fingerprint density at radius 3 is 2.30 bits per heavy atom. The number of benzene rings is 2. The van der Waals surface area contributed by atoms with Gasteiger partial charge < -0.3 is 9.47 Å². The monoisotopic (exact) mass is 388 g/mol. The number of amides is 1. The van der Waals surface area contributed by atoms with E-state index >= 15 is 0 Å². The molecule has 0 aromatic heterocycles. The highest BCUT2D eigenvalue weighted by Gasteiger charge is 2.13. The molecule has 2 aromatic carbocycles. The molecule has 0 heterocycles. The van der Waals surface area contributed by atoms with Crippen LogP contribution >= 0.6 is 11.6 Å². The lowest BCUT2D eigenvalue weighted by atomic mass is 9.86. The quantitative estimate of drug-likeness (QED) is 0.591. The zero-order chi connectivity index (χ0) is 20.0. The molecular formula is C21H25ClN2O3. The first-order valence-corrected chi connectivity index (χ1v) is 8.95. The van der Waals surface area contributed by atoms with Crippen molar-refractivity contribution in [2.24, 2.45) is 5.10 Å². The maximum absolute atomic E-state index is 12.1. The summed E-state index contributed by atoms with van der Waals surface area (Å²) >= 11 is 6.12. The van der Waals surface area contributed by atoms with Gasteiger partial charge in [-0.2, -0.15) is 5.10 Å². The lowest BCUT2D eigenvalue weighted by molar-refractivity contribution is -0.120. The molecule has 0 aliphatic carbocycles. The van der Waals surface area contributed by atoms with Crippen LogP contribution in [0.4, 0.5) is 0 Å². The van der Waals surface area contributed by atoms with Crippen LogP contribution in [0.15, 0.2) is 41.5 Å². The van der Waals surface area contributed by atoms with Gasteiger partial charge in [-0.1, -0.05) is 56.6 Å². The summed E-state index contributed by atoms with van der Waals surface area (Å²) in [7, 11) is 3.07. The number of hydrogen-bond acceptors (Lipinski definition) is 4. The van der Waals surface area contributed by atoms with Crippen molar-refractivity contribution in [1.29, 1.82) is 0 Å². The molecule has 144 valence electrons. The Balaban J connectivity index is 2.00. The van der Waals surface area contributed by atoms with Gasteiger partial charge in [0.1, 0.15) is 11.5 Å². The maximum atomic E-state index is 12.1. The number of halogens is 1. The largest absolute Gasteiger partial charge is 0.496 e. The summed E-state index contributed by atoms with van der Waals surface area (Å²) in [5.41, 5.74) is 5.41. The Hall–Kier alpha value is -2.53. The van der Waals surface area contributed by atoms with E-state index in [9.17, 15) is 4.79 Å². The summed E-state index contributed by atoms with van der Waals surface area (Å²) in [6.45, 7) is 6.47. The number of rotatable bonds is 6. The molecule has 1 amide bonds. The topological polar surface area (TPSA) is 59.9 Å². The Kier molecular flexibility index (Phi) is 6.86. The minimum Gasteiger partial charge on any atom is -0.496 e. The number of carbonyl (C=O) groups is 1. The predicted molar refractivity (Wildman–Crippen MR) is 109 cm³/mol. The van der Waals surface area contributed by atoms with Gasteiger partial charge in [-0.15, -0.1) is 0 Å². The third kappa shape index (κ3) is 5.73. The van der Waals surface area contributed by atoms with Gasteiger partial charge in [-0.25, -0.2) is 5.43 Å². The summed E-state index contributed by atoms with van der Waals surface area (Å²) in [5, 5.41) is 4.43. The lowest BCUT2D eigenvalue weighted by Gasteiger charge is -2.19. The van der Waals surface area contributed by atoms with Crippen molar-refractivity contribution in [2.75, 3.05) is 14.2 Å². The molecule has 0 radical (unpaired) electrons. The van der Waals surface area contributed by atoms with Crippen molar-refractivity contribution in [3.8, 4) is 11.5 Å². The van der Waals surface area contributed by atoms with E-state index in [1.54, 1.807) is 19.2 Å². The highest BCUT2D eigenvalue weighted by Crippen LogP contribution is 2.31. The molecule has 0 saturated carbocycles. The van der Waals surface area contributed by atoms with Crippen LogP contribution in [0, 0.1) is 0 Å². The molecular weight excluding hydrogens is 364 g/mol. The fraction of sp³-hybridized carbons (Fsp3) is 0.333. The van der Waals surface area contributed by atoms with Gasteiger partial charge in [0.15, 0.2) is 0 Å². The van der Waals surface area contributed by atoms with E-state index in [4.69, 9.17) is 21.1 Å². The summed E-state index contributed by atoms with van der Waals surface area (Å²) in [6.07, 6.45) is 1.74. The van der Waals surface area contributed by atoms with Crippen molar-refractivity contribution in [2.45, 2.75) is 32.6 Å². The van der Waals surface area contributed by atoms with Crippen LogP contribution in [0.5, 0.6) is 11.5 Å². The number of ether oxygens (including phenoxy) is 2. The van der Waals surface area contributed by atoms with Gasteiger partial charge in [0.2, 0.25) is 5.91 Å². The Morgan fingerprint density at radius 1 is 1.11 bits per heavy atom. The van der Waals surface area contributed by atoms with Crippen molar-refractivity contribution in [3.63, 3.8) is 0 Å². The minimum atomic E-state index is -0.201. The zero-order valence-corrected chi connectivity index (χ0v) is 17.1. The smallest absolute Gasteiger partial charge is 0.244 e. The highest BCUT2D eigenvalue weighted by atomic mass is 35.5. The highest BCUT2D eigenvalue weighted by molar-refractivity contribution is 6.32. The number of nitrogens with zero attached hydrogens (tertiary/aromatic N) is 1. The second-order valence-corrected chi connectivity index (χ2v) is 7.55. The van der Waals surface area contributed by atoms with Crippen molar-refractivity contribution < 1.29 is 14.3 Å². The van der Waals surface area contributed by atoms with Crippen molar-refractivity contribution >= 4 is 23.7 Å². The van der Waals surface area contributed by atoms with Gasteiger partial charge >= 0.3 is 0 Å². The number of hydrogen-bond donors (Lipinski definition) is 1. The number of methoxy groups -OCH3 is 2. The summed E-state index contributed by atoms with van der Waals surface area (Å²) in [4.78, 5) is 12.1. The first-order valence-electron chi connectivity index (χ1n) is 8.57. The number of nitrogens with one attached hydrogen (secondary N) is 1. The predicted octanol–water partition coefficient (Wildman–Crippen LogP) is 4.35. The molecule has 0 aliphatic rings. The molecule has 0 unspecified atom stereocenters. The first kappa shape index (κ1) is 20.8. The average molecular weight is 389 g/mol. The molecule has 6 heteroatoms. The van der Waals surface area contributed by atoms with Gasteiger partial charge in [-0.05, 0) is 22.6 Å². The van der Waals surface area contributed by atoms with Crippen molar-refractivity contribution in [3.05, 3.63) is 58.1 Å². The SMILES string of the molecule is COc1cc(OC)c(/C=N\NC(=O)Cc2ccc(C(C)(C)C)cc2)cc1Cl. The normalized spacial score (nSPS) is 11.5. The molecule has 27 heavy (non-hydrogen) atoms. The van der Waals surface area contributed by atoms with E-state index in [-0.39, 0.29) is 17.7 Å². The molecule has 2 aromatic rings.